The molecule has 0 amide bonds. The quantitative estimate of drug-likeness (QED) is 0.829. The van der Waals surface area contributed by atoms with Gasteiger partial charge >= 0.3 is 0 Å². The van der Waals surface area contributed by atoms with Gasteiger partial charge in [0.05, 0.1) is 18.4 Å². The Kier molecular flexibility index (Phi) is 4.75. The molecular weight excluding hydrogens is 273 g/mol. The molecule has 0 fully saturated rings. The lowest BCUT2D eigenvalue weighted by Gasteiger charge is -2.20. The normalized spacial score (nSPS) is 11.0. The number of halogens is 1. The molecule has 0 saturated carbocycles. The number of ketones is 1. The van der Waals surface area contributed by atoms with Crippen molar-refractivity contribution in [3.05, 3.63) is 53.2 Å². The summed E-state index contributed by atoms with van der Waals surface area (Å²) in [6.45, 7) is 4.85. The fourth-order valence-electron chi connectivity index (χ4n) is 2.19. The van der Waals surface area contributed by atoms with Gasteiger partial charge < -0.3 is 9.52 Å². The minimum Gasteiger partial charge on any atom is -0.507 e. The van der Waals surface area contributed by atoms with Crippen molar-refractivity contribution in [1.29, 1.82) is 0 Å². The molecule has 21 heavy (non-hydrogen) atoms. The van der Waals surface area contributed by atoms with E-state index >= 15 is 0 Å². The van der Waals surface area contributed by atoms with Crippen LogP contribution >= 0.6 is 0 Å². The van der Waals surface area contributed by atoms with Gasteiger partial charge in [-0.05, 0) is 37.7 Å². The standard InChI is InChI=1S/C16H18FNO3/c1-3-18(10-14-5-4-6-21-14)9-12-7-13(17)8-15(11(2)19)16(12)20/h4-8,20H,3,9-10H2,1-2H3. The number of hydrogen-bond donors (Lipinski definition) is 1. The lowest BCUT2D eigenvalue weighted by atomic mass is 10.0. The number of aromatic hydroxyl groups is 1. The molecule has 0 radical (unpaired) electrons. The third-order valence-corrected chi connectivity index (χ3v) is 3.33. The monoisotopic (exact) mass is 291 g/mol. The van der Waals surface area contributed by atoms with E-state index in [1.807, 2.05) is 17.9 Å². The molecule has 0 aliphatic heterocycles. The van der Waals surface area contributed by atoms with Gasteiger partial charge in [0.25, 0.3) is 0 Å². The van der Waals surface area contributed by atoms with Gasteiger partial charge in [-0.2, -0.15) is 0 Å². The van der Waals surface area contributed by atoms with E-state index in [1.165, 1.54) is 13.0 Å². The Morgan fingerprint density at radius 1 is 1.38 bits per heavy atom. The van der Waals surface area contributed by atoms with E-state index in [0.717, 1.165) is 11.8 Å². The van der Waals surface area contributed by atoms with Crippen LogP contribution in [0.3, 0.4) is 0 Å². The van der Waals surface area contributed by atoms with Crippen LogP contribution < -0.4 is 0 Å². The fraction of sp³-hybridized carbons (Fsp3) is 0.312. The van der Waals surface area contributed by atoms with E-state index in [4.69, 9.17) is 4.42 Å². The van der Waals surface area contributed by atoms with Gasteiger partial charge in [-0.3, -0.25) is 9.69 Å². The van der Waals surface area contributed by atoms with Crippen molar-refractivity contribution in [1.82, 2.24) is 4.90 Å². The Labute approximate surface area is 122 Å². The Balaban J connectivity index is 2.22. The van der Waals surface area contributed by atoms with Crippen molar-refractivity contribution in [2.75, 3.05) is 6.54 Å². The summed E-state index contributed by atoms with van der Waals surface area (Å²) in [7, 11) is 0. The van der Waals surface area contributed by atoms with Crippen LogP contribution in [0, 0.1) is 5.82 Å². The highest BCUT2D eigenvalue weighted by atomic mass is 19.1. The van der Waals surface area contributed by atoms with Gasteiger partial charge in [0.2, 0.25) is 0 Å². The topological polar surface area (TPSA) is 53.7 Å². The number of carbonyl (C=O) groups excluding carboxylic acids is 1. The van der Waals surface area contributed by atoms with E-state index < -0.39 is 5.82 Å². The summed E-state index contributed by atoms with van der Waals surface area (Å²) < 4.78 is 18.9. The maximum absolute atomic E-state index is 13.6. The Bertz CT molecular complexity index is 623. The highest BCUT2D eigenvalue weighted by molar-refractivity contribution is 5.97. The number of rotatable bonds is 6. The first-order chi connectivity index (χ1) is 10.0. The first kappa shape index (κ1) is 15.3. The van der Waals surface area contributed by atoms with Crippen LogP contribution in [0.4, 0.5) is 4.39 Å². The van der Waals surface area contributed by atoms with Crippen molar-refractivity contribution in [2.24, 2.45) is 0 Å². The molecule has 112 valence electrons. The molecule has 2 rings (SSSR count). The number of hydrogen-bond acceptors (Lipinski definition) is 4. The van der Waals surface area contributed by atoms with Crippen LogP contribution in [0.2, 0.25) is 0 Å². The minimum absolute atomic E-state index is 0.0130. The SMILES string of the molecule is CCN(Cc1ccco1)Cc1cc(F)cc(C(C)=O)c1O. The molecule has 4 nitrogen and oxygen atoms in total. The largest absolute Gasteiger partial charge is 0.507 e. The summed E-state index contributed by atoms with van der Waals surface area (Å²) in [6.07, 6.45) is 1.59. The van der Waals surface area contributed by atoms with Gasteiger partial charge in [0.15, 0.2) is 5.78 Å². The minimum atomic E-state index is -0.526. The maximum Gasteiger partial charge on any atom is 0.163 e. The van der Waals surface area contributed by atoms with Crippen molar-refractivity contribution in [3.63, 3.8) is 0 Å². The third kappa shape index (κ3) is 3.70. The zero-order valence-corrected chi connectivity index (χ0v) is 12.1. The van der Waals surface area contributed by atoms with Gasteiger partial charge in [-0.25, -0.2) is 4.39 Å². The highest BCUT2D eigenvalue weighted by Crippen LogP contribution is 2.26. The van der Waals surface area contributed by atoms with Gasteiger partial charge in [0, 0.05) is 12.1 Å². The molecule has 0 saturated heterocycles. The summed E-state index contributed by atoms with van der Waals surface area (Å²) in [6, 6.07) is 5.97. The number of Topliss-reactive ketones (excluding diaryl/α,β-unsaturated/α-hetero) is 1. The second kappa shape index (κ2) is 6.54. The van der Waals surface area contributed by atoms with E-state index in [9.17, 15) is 14.3 Å². The maximum atomic E-state index is 13.6. The number of furan rings is 1. The molecular formula is C16H18FNO3. The van der Waals surface area contributed by atoms with E-state index in [2.05, 4.69) is 0 Å². The molecule has 1 aromatic carbocycles. The highest BCUT2D eigenvalue weighted by Gasteiger charge is 2.16. The van der Waals surface area contributed by atoms with Crippen LogP contribution in [0.1, 0.15) is 35.5 Å². The summed E-state index contributed by atoms with van der Waals surface area (Å²) in [4.78, 5) is 13.4. The summed E-state index contributed by atoms with van der Waals surface area (Å²) in [5, 5.41) is 10.1. The van der Waals surface area contributed by atoms with Crippen LogP contribution in [-0.4, -0.2) is 22.3 Å². The van der Waals surface area contributed by atoms with Gasteiger partial charge in [-0.15, -0.1) is 0 Å². The molecule has 1 N–H and O–H groups in total. The summed E-state index contributed by atoms with van der Waals surface area (Å²) in [5.41, 5.74) is 0.410. The summed E-state index contributed by atoms with van der Waals surface area (Å²) in [5.74, 6) is -0.245. The Hall–Kier alpha value is -2.14. The molecule has 0 aliphatic carbocycles. The predicted octanol–water partition coefficient (Wildman–Crippen LogP) is 3.35. The number of carbonyl (C=O) groups is 1. The molecule has 5 heteroatoms. The first-order valence-electron chi connectivity index (χ1n) is 6.78. The van der Waals surface area contributed by atoms with E-state index in [-0.39, 0.29) is 17.1 Å². The average Bonchev–Trinajstić information content (AvgIpc) is 2.94. The Morgan fingerprint density at radius 2 is 2.14 bits per heavy atom. The molecule has 1 aromatic heterocycles. The first-order valence-corrected chi connectivity index (χ1v) is 6.78. The zero-order valence-electron chi connectivity index (χ0n) is 12.1. The zero-order chi connectivity index (χ0) is 15.4. The van der Waals surface area contributed by atoms with Crippen LogP contribution in [0.5, 0.6) is 5.75 Å². The van der Waals surface area contributed by atoms with Crippen molar-refractivity contribution >= 4 is 5.78 Å². The molecule has 0 atom stereocenters. The van der Waals surface area contributed by atoms with Crippen LogP contribution in [-0.2, 0) is 13.1 Å². The predicted molar refractivity (Wildman–Crippen MR) is 76.6 cm³/mol. The van der Waals surface area contributed by atoms with Crippen LogP contribution in [0.25, 0.3) is 0 Å². The molecule has 0 unspecified atom stereocenters. The second-order valence-electron chi connectivity index (χ2n) is 4.90. The average molecular weight is 291 g/mol. The molecule has 1 heterocycles. The Morgan fingerprint density at radius 3 is 2.71 bits per heavy atom. The number of nitrogens with zero attached hydrogens (tertiary/aromatic N) is 1. The molecule has 0 aliphatic rings. The lowest BCUT2D eigenvalue weighted by Crippen LogP contribution is -2.22. The molecule has 0 spiro atoms. The second-order valence-corrected chi connectivity index (χ2v) is 4.90. The van der Waals surface area contributed by atoms with Crippen molar-refractivity contribution < 1.29 is 18.7 Å². The smallest absolute Gasteiger partial charge is 0.163 e. The number of phenols is 1. The summed E-state index contributed by atoms with van der Waals surface area (Å²) >= 11 is 0. The molecule has 0 bridgehead atoms. The van der Waals surface area contributed by atoms with E-state index in [0.29, 0.717) is 25.2 Å². The fourth-order valence-corrected chi connectivity index (χ4v) is 2.19. The van der Waals surface area contributed by atoms with E-state index in [1.54, 1.807) is 12.3 Å². The van der Waals surface area contributed by atoms with Crippen molar-refractivity contribution in [2.45, 2.75) is 26.9 Å². The molecule has 2 aromatic rings. The number of phenolic OH excluding ortho intramolecular Hbond substituents is 1. The van der Waals surface area contributed by atoms with Gasteiger partial charge in [-0.1, -0.05) is 6.92 Å². The van der Waals surface area contributed by atoms with Crippen LogP contribution in [0.15, 0.2) is 34.9 Å². The number of benzene rings is 1. The van der Waals surface area contributed by atoms with Crippen molar-refractivity contribution in [3.8, 4) is 5.75 Å². The lowest BCUT2D eigenvalue weighted by molar-refractivity contribution is 0.101. The third-order valence-electron chi connectivity index (χ3n) is 3.33. The van der Waals surface area contributed by atoms with Gasteiger partial charge in [0.1, 0.15) is 17.3 Å².